The van der Waals surface area contributed by atoms with Crippen LogP contribution in [0, 0.1) is 5.82 Å². The number of anilines is 1. The van der Waals surface area contributed by atoms with Crippen LogP contribution in [0.3, 0.4) is 0 Å². The van der Waals surface area contributed by atoms with E-state index in [2.05, 4.69) is 10.3 Å². The van der Waals surface area contributed by atoms with Gasteiger partial charge < -0.3 is 10.4 Å². The van der Waals surface area contributed by atoms with Gasteiger partial charge in [0.15, 0.2) is 0 Å². The van der Waals surface area contributed by atoms with Crippen molar-refractivity contribution in [2.75, 3.05) is 5.32 Å². The molecule has 100 valence electrons. The number of carbonyl (C=O) groups is 1. The van der Waals surface area contributed by atoms with Crippen molar-refractivity contribution in [3.05, 3.63) is 59.7 Å². The summed E-state index contributed by atoms with van der Waals surface area (Å²) in [6.45, 7) is 0.522. The van der Waals surface area contributed by atoms with E-state index in [1.165, 1.54) is 24.4 Å². The molecule has 2 aromatic rings. The molecule has 19 heavy (non-hydrogen) atoms. The number of aromatic nitrogens is 1. The van der Waals surface area contributed by atoms with E-state index in [4.69, 9.17) is 5.11 Å². The lowest BCUT2D eigenvalue weighted by atomic mass is 10.2. The van der Waals surface area contributed by atoms with Crippen molar-refractivity contribution in [3.63, 3.8) is 0 Å². The van der Waals surface area contributed by atoms with Gasteiger partial charge in [0.1, 0.15) is 11.5 Å². The van der Waals surface area contributed by atoms with Gasteiger partial charge in [0.05, 0.1) is 11.9 Å². The van der Waals surface area contributed by atoms with Crippen LogP contribution in [0.5, 0.6) is 0 Å². The number of pyridine rings is 1. The summed E-state index contributed by atoms with van der Waals surface area (Å²) in [6, 6.07) is 9.21. The first-order valence-corrected chi connectivity index (χ1v) is 5.33. The van der Waals surface area contributed by atoms with Crippen molar-refractivity contribution in [1.29, 1.82) is 0 Å². The lowest BCUT2D eigenvalue weighted by Crippen LogP contribution is -2.03. The largest absolute Gasteiger partial charge is 0.477 e. The van der Waals surface area contributed by atoms with E-state index in [1.807, 2.05) is 0 Å². The van der Waals surface area contributed by atoms with Crippen molar-refractivity contribution in [1.82, 2.24) is 4.98 Å². The Balaban J connectivity index is 0.00000180. The molecule has 0 amide bonds. The van der Waals surface area contributed by atoms with Gasteiger partial charge in [-0.05, 0) is 29.8 Å². The number of hydrogen-bond donors (Lipinski definition) is 2. The average molecular weight is 283 g/mol. The first kappa shape index (κ1) is 14.9. The first-order valence-electron chi connectivity index (χ1n) is 5.33. The summed E-state index contributed by atoms with van der Waals surface area (Å²) in [4.78, 5) is 14.4. The number of nitrogens with one attached hydrogen (secondary N) is 1. The van der Waals surface area contributed by atoms with Crippen LogP contribution in [0.25, 0.3) is 0 Å². The Bertz CT molecular complexity index is 544. The highest BCUT2D eigenvalue weighted by atomic mass is 35.5. The predicted molar refractivity (Wildman–Crippen MR) is 72.2 cm³/mol. The molecule has 0 fully saturated rings. The third-order valence-electron chi connectivity index (χ3n) is 2.39. The monoisotopic (exact) mass is 282 g/mol. The molecule has 2 rings (SSSR count). The molecule has 0 atom stereocenters. The lowest BCUT2D eigenvalue weighted by molar-refractivity contribution is 0.0690. The molecule has 0 unspecified atom stereocenters. The molecular formula is C13H12ClFN2O2. The molecule has 0 saturated carbocycles. The van der Waals surface area contributed by atoms with E-state index in [1.54, 1.807) is 18.2 Å². The molecule has 1 heterocycles. The Morgan fingerprint density at radius 2 is 1.89 bits per heavy atom. The zero-order valence-corrected chi connectivity index (χ0v) is 10.7. The zero-order valence-electron chi connectivity index (χ0n) is 9.84. The summed E-state index contributed by atoms with van der Waals surface area (Å²) >= 11 is 0. The minimum Gasteiger partial charge on any atom is -0.477 e. The lowest BCUT2D eigenvalue weighted by Gasteiger charge is -2.06. The highest BCUT2D eigenvalue weighted by Crippen LogP contribution is 2.09. The van der Waals surface area contributed by atoms with E-state index >= 15 is 0 Å². The maximum absolute atomic E-state index is 12.7. The third kappa shape index (κ3) is 4.22. The van der Waals surface area contributed by atoms with Gasteiger partial charge in [-0.25, -0.2) is 14.2 Å². The normalized spacial score (nSPS) is 9.53. The van der Waals surface area contributed by atoms with Crippen molar-refractivity contribution >= 4 is 24.1 Å². The van der Waals surface area contributed by atoms with Crippen LogP contribution in [0.1, 0.15) is 16.1 Å². The molecule has 1 aromatic heterocycles. The van der Waals surface area contributed by atoms with Gasteiger partial charge in [0, 0.05) is 6.54 Å². The van der Waals surface area contributed by atoms with Crippen LogP contribution >= 0.6 is 12.4 Å². The fourth-order valence-corrected chi connectivity index (χ4v) is 1.43. The van der Waals surface area contributed by atoms with E-state index in [0.717, 1.165) is 5.56 Å². The number of carboxylic acid groups (broad SMARTS) is 1. The Morgan fingerprint density at radius 3 is 2.42 bits per heavy atom. The zero-order chi connectivity index (χ0) is 13.0. The molecule has 0 aliphatic rings. The summed E-state index contributed by atoms with van der Waals surface area (Å²) in [6.07, 6.45) is 1.45. The van der Waals surface area contributed by atoms with Crippen molar-refractivity contribution in [3.8, 4) is 0 Å². The first-order chi connectivity index (χ1) is 8.65. The second-order valence-electron chi connectivity index (χ2n) is 3.72. The molecule has 0 aliphatic carbocycles. The van der Waals surface area contributed by atoms with Gasteiger partial charge in [-0.2, -0.15) is 0 Å². The third-order valence-corrected chi connectivity index (χ3v) is 2.39. The predicted octanol–water partition coefficient (Wildman–Crippen LogP) is 2.95. The second-order valence-corrected chi connectivity index (χ2v) is 3.72. The smallest absolute Gasteiger partial charge is 0.354 e. The van der Waals surface area contributed by atoms with Crippen LogP contribution in [0.15, 0.2) is 42.6 Å². The second kappa shape index (κ2) is 6.70. The van der Waals surface area contributed by atoms with Crippen molar-refractivity contribution < 1.29 is 14.3 Å². The quantitative estimate of drug-likeness (QED) is 0.905. The van der Waals surface area contributed by atoms with E-state index < -0.39 is 5.97 Å². The van der Waals surface area contributed by atoms with Gasteiger partial charge in [-0.15, -0.1) is 12.4 Å². The Kier molecular flexibility index (Phi) is 5.26. The van der Waals surface area contributed by atoms with Gasteiger partial charge in [0.2, 0.25) is 0 Å². The van der Waals surface area contributed by atoms with Crippen LogP contribution in [-0.4, -0.2) is 16.1 Å². The summed E-state index contributed by atoms with van der Waals surface area (Å²) in [5.74, 6) is -1.33. The number of aromatic carboxylic acids is 1. The molecule has 1 aromatic carbocycles. The summed E-state index contributed by atoms with van der Waals surface area (Å²) in [5.41, 5.74) is 1.64. The van der Waals surface area contributed by atoms with Crippen LogP contribution in [-0.2, 0) is 6.54 Å². The van der Waals surface area contributed by atoms with E-state index in [0.29, 0.717) is 12.2 Å². The van der Waals surface area contributed by atoms with Gasteiger partial charge in [-0.1, -0.05) is 12.1 Å². The number of benzene rings is 1. The maximum Gasteiger partial charge on any atom is 0.354 e. The summed E-state index contributed by atoms with van der Waals surface area (Å²) < 4.78 is 12.7. The van der Waals surface area contributed by atoms with Gasteiger partial charge in [-0.3, -0.25) is 0 Å². The highest BCUT2D eigenvalue weighted by Gasteiger charge is 2.03. The molecule has 0 aliphatic heterocycles. The minimum absolute atomic E-state index is 0. The van der Waals surface area contributed by atoms with Crippen LogP contribution in [0.2, 0.25) is 0 Å². The number of nitrogens with zero attached hydrogens (tertiary/aromatic N) is 1. The van der Waals surface area contributed by atoms with E-state index in [-0.39, 0.29) is 23.9 Å². The molecule has 0 radical (unpaired) electrons. The molecule has 6 heteroatoms. The Morgan fingerprint density at radius 1 is 1.21 bits per heavy atom. The Hall–Kier alpha value is -2.14. The SMILES string of the molecule is Cl.O=C(O)c1ccc(NCc2ccc(F)cc2)cn1. The number of hydrogen-bond acceptors (Lipinski definition) is 3. The molecule has 0 saturated heterocycles. The fourth-order valence-electron chi connectivity index (χ4n) is 1.43. The molecule has 2 N–H and O–H groups in total. The summed E-state index contributed by atoms with van der Waals surface area (Å²) in [5, 5.41) is 11.8. The van der Waals surface area contributed by atoms with Crippen molar-refractivity contribution in [2.45, 2.75) is 6.54 Å². The molecule has 4 nitrogen and oxygen atoms in total. The van der Waals surface area contributed by atoms with Gasteiger partial charge >= 0.3 is 5.97 Å². The standard InChI is InChI=1S/C13H11FN2O2.ClH/c14-10-3-1-9(2-4-10)7-15-11-5-6-12(13(17)18)16-8-11;/h1-6,8,15H,7H2,(H,17,18);1H. The Labute approximate surface area is 115 Å². The van der Waals surface area contributed by atoms with Crippen LogP contribution in [0.4, 0.5) is 10.1 Å². The minimum atomic E-state index is -1.06. The topological polar surface area (TPSA) is 62.2 Å². The fraction of sp³-hybridized carbons (Fsp3) is 0.0769. The average Bonchev–Trinajstić information content (AvgIpc) is 2.38. The maximum atomic E-state index is 12.7. The van der Waals surface area contributed by atoms with E-state index in [9.17, 15) is 9.18 Å². The number of rotatable bonds is 4. The molecular weight excluding hydrogens is 271 g/mol. The summed E-state index contributed by atoms with van der Waals surface area (Å²) in [7, 11) is 0. The number of carboxylic acids is 1. The molecule has 0 bridgehead atoms. The van der Waals surface area contributed by atoms with Gasteiger partial charge in [0.25, 0.3) is 0 Å². The number of halogens is 2. The van der Waals surface area contributed by atoms with Crippen LogP contribution < -0.4 is 5.32 Å². The van der Waals surface area contributed by atoms with Crippen molar-refractivity contribution in [2.24, 2.45) is 0 Å². The molecule has 0 spiro atoms. The highest BCUT2D eigenvalue weighted by molar-refractivity contribution is 5.85.